The largest absolute Gasteiger partial charge is 0.397 e. The lowest BCUT2D eigenvalue weighted by Gasteiger charge is -2.24. The van der Waals surface area contributed by atoms with Crippen molar-refractivity contribution in [3.63, 3.8) is 0 Å². The number of pyridine rings is 1. The fourth-order valence-corrected chi connectivity index (χ4v) is 3.07. The van der Waals surface area contributed by atoms with Gasteiger partial charge in [0.25, 0.3) is 5.89 Å². The average Bonchev–Trinajstić information content (AvgIpc) is 3.15. The Kier molecular flexibility index (Phi) is 3.07. The zero-order valence-electron chi connectivity index (χ0n) is 12.4. The van der Waals surface area contributed by atoms with Gasteiger partial charge in [-0.1, -0.05) is 5.16 Å². The van der Waals surface area contributed by atoms with Crippen molar-refractivity contribution in [3.05, 3.63) is 24.3 Å². The van der Waals surface area contributed by atoms with Gasteiger partial charge in [-0.3, -0.25) is 0 Å². The van der Waals surface area contributed by atoms with Crippen molar-refractivity contribution in [1.82, 2.24) is 25.0 Å². The van der Waals surface area contributed by atoms with Gasteiger partial charge in [-0.25, -0.2) is 4.98 Å². The zero-order chi connectivity index (χ0) is 15.1. The Morgan fingerprint density at radius 2 is 2.36 bits per heavy atom. The smallest absolute Gasteiger partial charge is 0.261 e. The van der Waals surface area contributed by atoms with Crippen molar-refractivity contribution >= 4 is 16.7 Å². The normalized spacial score (nSPS) is 18.9. The summed E-state index contributed by atoms with van der Waals surface area (Å²) in [5.41, 5.74) is 8.54. The Labute approximate surface area is 127 Å². The SMILES string of the molecule is Cc1noc(-c2cnc3c(ccn3C3CCCNC3)c2N)n1. The molecule has 4 heterocycles. The van der Waals surface area contributed by atoms with Crippen LogP contribution in [0.25, 0.3) is 22.5 Å². The number of aromatic nitrogens is 4. The van der Waals surface area contributed by atoms with Crippen LogP contribution in [0.5, 0.6) is 0 Å². The van der Waals surface area contributed by atoms with Crippen LogP contribution in [0.15, 0.2) is 23.0 Å². The van der Waals surface area contributed by atoms with E-state index in [9.17, 15) is 0 Å². The first-order valence-electron chi connectivity index (χ1n) is 7.50. The minimum Gasteiger partial charge on any atom is -0.397 e. The van der Waals surface area contributed by atoms with Gasteiger partial charge in [-0.05, 0) is 32.4 Å². The molecule has 1 unspecified atom stereocenters. The lowest BCUT2D eigenvalue weighted by atomic mass is 10.1. The minimum absolute atomic E-state index is 0.413. The fraction of sp³-hybridized carbons (Fsp3) is 0.400. The highest BCUT2D eigenvalue weighted by atomic mass is 16.5. The highest BCUT2D eigenvalue weighted by Gasteiger charge is 2.20. The monoisotopic (exact) mass is 298 g/mol. The van der Waals surface area contributed by atoms with Crippen molar-refractivity contribution in [3.8, 4) is 11.5 Å². The standard InChI is InChI=1S/C15H18N6O/c1-9-19-15(22-20-9)12-8-18-14-11(13(12)16)4-6-21(14)10-3-2-5-17-7-10/h4,6,8,10,17H,2-3,5,7H2,1H3,(H2,16,18). The molecule has 0 saturated carbocycles. The Bertz CT molecular complexity index is 815. The number of nitrogens with two attached hydrogens (primary N) is 1. The maximum atomic E-state index is 6.31. The summed E-state index contributed by atoms with van der Waals surface area (Å²) in [6, 6.07) is 2.44. The predicted molar refractivity (Wildman–Crippen MR) is 83.3 cm³/mol. The number of nitrogens with zero attached hydrogens (tertiary/aromatic N) is 4. The minimum atomic E-state index is 0.413. The molecule has 0 radical (unpaired) electrons. The summed E-state index contributed by atoms with van der Waals surface area (Å²) in [5, 5.41) is 8.17. The van der Waals surface area contributed by atoms with Crippen LogP contribution in [0.3, 0.4) is 0 Å². The second-order valence-electron chi connectivity index (χ2n) is 5.69. The molecule has 1 aliphatic heterocycles. The molecule has 1 aliphatic rings. The van der Waals surface area contributed by atoms with Crippen LogP contribution in [0, 0.1) is 6.92 Å². The van der Waals surface area contributed by atoms with Crippen LogP contribution in [0.2, 0.25) is 0 Å². The molecule has 0 amide bonds. The van der Waals surface area contributed by atoms with Crippen LogP contribution in [0.1, 0.15) is 24.7 Å². The molecule has 3 N–H and O–H groups in total. The van der Waals surface area contributed by atoms with E-state index in [2.05, 4.69) is 31.2 Å². The topological polar surface area (TPSA) is 94.8 Å². The summed E-state index contributed by atoms with van der Waals surface area (Å²) in [5.74, 6) is 0.997. The van der Waals surface area contributed by atoms with E-state index in [0.717, 1.165) is 30.5 Å². The Morgan fingerprint density at radius 3 is 3.09 bits per heavy atom. The van der Waals surface area contributed by atoms with Crippen molar-refractivity contribution in [2.45, 2.75) is 25.8 Å². The first kappa shape index (κ1) is 13.3. The number of aryl methyl sites for hydroxylation is 1. The molecule has 0 bridgehead atoms. The highest BCUT2D eigenvalue weighted by molar-refractivity contribution is 5.95. The van der Waals surface area contributed by atoms with Gasteiger partial charge >= 0.3 is 0 Å². The molecule has 1 fully saturated rings. The summed E-state index contributed by atoms with van der Waals surface area (Å²) in [6.45, 7) is 3.84. The third-order valence-corrected chi connectivity index (χ3v) is 4.21. The molecule has 22 heavy (non-hydrogen) atoms. The fourth-order valence-electron chi connectivity index (χ4n) is 3.07. The van der Waals surface area contributed by atoms with E-state index in [4.69, 9.17) is 10.3 Å². The summed E-state index contributed by atoms with van der Waals surface area (Å²) >= 11 is 0. The first-order valence-corrected chi connectivity index (χ1v) is 7.50. The first-order chi connectivity index (χ1) is 10.7. The maximum absolute atomic E-state index is 6.31. The van der Waals surface area contributed by atoms with Crippen LogP contribution in [-0.4, -0.2) is 32.8 Å². The maximum Gasteiger partial charge on any atom is 0.261 e. The molecule has 0 aliphatic carbocycles. The molecular weight excluding hydrogens is 280 g/mol. The van der Waals surface area contributed by atoms with Gasteiger partial charge < -0.3 is 20.1 Å². The number of hydrogen-bond acceptors (Lipinski definition) is 6. The van der Waals surface area contributed by atoms with E-state index in [-0.39, 0.29) is 0 Å². The average molecular weight is 298 g/mol. The van der Waals surface area contributed by atoms with Gasteiger partial charge in [-0.15, -0.1) is 0 Å². The van der Waals surface area contributed by atoms with E-state index < -0.39 is 0 Å². The van der Waals surface area contributed by atoms with Crippen LogP contribution >= 0.6 is 0 Å². The second-order valence-corrected chi connectivity index (χ2v) is 5.69. The molecule has 0 aromatic carbocycles. The van der Waals surface area contributed by atoms with Crippen molar-refractivity contribution in [2.75, 3.05) is 18.8 Å². The molecule has 3 aromatic heterocycles. The van der Waals surface area contributed by atoms with E-state index in [1.807, 2.05) is 6.07 Å². The van der Waals surface area contributed by atoms with Crippen LogP contribution in [-0.2, 0) is 0 Å². The lowest BCUT2D eigenvalue weighted by Crippen LogP contribution is -2.31. The Hall–Kier alpha value is -2.41. The number of rotatable bonds is 2. The number of piperidine rings is 1. The molecule has 1 atom stereocenters. The number of hydrogen-bond donors (Lipinski definition) is 2. The Morgan fingerprint density at radius 1 is 1.45 bits per heavy atom. The summed E-state index contributed by atoms with van der Waals surface area (Å²) in [4.78, 5) is 8.82. The van der Waals surface area contributed by atoms with Gasteiger partial charge in [0.1, 0.15) is 5.65 Å². The van der Waals surface area contributed by atoms with Crippen molar-refractivity contribution < 1.29 is 4.52 Å². The lowest BCUT2D eigenvalue weighted by molar-refractivity contribution is 0.378. The molecule has 114 valence electrons. The molecule has 3 aromatic rings. The van der Waals surface area contributed by atoms with E-state index >= 15 is 0 Å². The highest BCUT2D eigenvalue weighted by Crippen LogP contribution is 2.32. The zero-order valence-corrected chi connectivity index (χ0v) is 12.4. The number of fused-ring (bicyclic) bond motifs is 1. The van der Waals surface area contributed by atoms with Gasteiger partial charge in [0.15, 0.2) is 5.82 Å². The molecule has 4 rings (SSSR count). The van der Waals surface area contributed by atoms with Crippen molar-refractivity contribution in [1.29, 1.82) is 0 Å². The van der Waals surface area contributed by atoms with Crippen LogP contribution < -0.4 is 11.1 Å². The molecule has 0 spiro atoms. The summed E-state index contributed by atoms with van der Waals surface area (Å²) < 4.78 is 7.41. The molecule has 1 saturated heterocycles. The Balaban J connectivity index is 1.80. The molecule has 7 heteroatoms. The van der Waals surface area contributed by atoms with Crippen molar-refractivity contribution in [2.24, 2.45) is 0 Å². The van der Waals surface area contributed by atoms with Crippen LogP contribution in [0.4, 0.5) is 5.69 Å². The third kappa shape index (κ3) is 2.05. The van der Waals surface area contributed by atoms with E-state index in [0.29, 0.717) is 29.0 Å². The predicted octanol–water partition coefficient (Wildman–Crippen LogP) is 1.90. The van der Waals surface area contributed by atoms with Gasteiger partial charge in [0.05, 0.1) is 11.3 Å². The second kappa shape index (κ2) is 5.10. The van der Waals surface area contributed by atoms with Gasteiger partial charge in [0.2, 0.25) is 0 Å². The quantitative estimate of drug-likeness (QED) is 0.750. The van der Waals surface area contributed by atoms with E-state index in [1.165, 1.54) is 6.42 Å². The van der Waals surface area contributed by atoms with E-state index in [1.54, 1.807) is 13.1 Å². The molecule has 7 nitrogen and oxygen atoms in total. The summed E-state index contributed by atoms with van der Waals surface area (Å²) in [6.07, 6.45) is 6.12. The number of anilines is 1. The summed E-state index contributed by atoms with van der Waals surface area (Å²) in [7, 11) is 0. The van der Waals surface area contributed by atoms with Gasteiger partial charge in [0, 0.05) is 30.4 Å². The molecular formula is C15H18N6O. The number of nitrogen functional groups attached to an aromatic ring is 1. The number of nitrogens with one attached hydrogen (secondary N) is 1. The third-order valence-electron chi connectivity index (χ3n) is 4.21. The van der Waals surface area contributed by atoms with Gasteiger partial charge in [-0.2, -0.15) is 4.98 Å².